The van der Waals surface area contributed by atoms with E-state index in [0.717, 1.165) is 11.0 Å². The maximum atomic E-state index is 13.9. The van der Waals surface area contributed by atoms with E-state index in [1.807, 2.05) is 0 Å². The number of anilines is 1. The summed E-state index contributed by atoms with van der Waals surface area (Å²) >= 11 is 4.73. The number of hydrogen-bond acceptors (Lipinski definition) is 18. The Labute approximate surface area is 240 Å². The van der Waals surface area contributed by atoms with Crippen molar-refractivity contribution in [3.63, 3.8) is 0 Å². The Morgan fingerprint density at radius 2 is 1.90 bits per heavy atom. The molecule has 0 saturated carbocycles. The van der Waals surface area contributed by atoms with Gasteiger partial charge in [0.05, 0.1) is 13.2 Å². The number of aliphatic hydroxyl groups excluding tert-OH is 5. The summed E-state index contributed by atoms with van der Waals surface area (Å²) in [5, 5.41) is 68.6. The zero-order valence-electron chi connectivity index (χ0n) is 21.4. The Hall–Kier alpha value is -1.43. The van der Waals surface area contributed by atoms with Gasteiger partial charge >= 0.3 is 14.5 Å². The van der Waals surface area contributed by atoms with Crippen LogP contribution in [0.15, 0.2) is 6.33 Å². The van der Waals surface area contributed by atoms with E-state index in [4.69, 9.17) is 36.6 Å². The standard InChI is InChI=1S/C18H29FN6O14P2S/c1-2-18(31)13(30)7(36-17(18)25-15-8(23-24-25)14(20)21-5-22-15)4-35-41(34,42)39-40(32,33)38-16-11(29)9(27)10(28)12(37-16)6(19)3-26/h5-7,9-13,16-17,26-31H,2-4H2,1H3,(H,32,33)(H,34,42)(H2,20,21,22)/t6-,7+,9?,10?,11?,12?,13+,16?,17+,18+,41?/m0/s1. The lowest BCUT2D eigenvalue weighted by molar-refractivity contribution is -0.287. The van der Waals surface area contributed by atoms with Gasteiger partial charge in [0.1, 0.15) is 48.6 Å². The number of aromatic nitrogens is 5. The molecule has 2 fully saturated rings. The van der Waals surface area contributed by atoms with E-state index >= 15 is 0 Å². The molecule has 2 aliphatic rings. The van der Waals surface area contributed by atoms with E-state index in [-0.39, 0.29) is 23.4 Å². The van der Waals surface area contributed by atoms with Gasteiger partial charge in [-0.25, -0.2) is 23.2 Å². The Balaban J connectivity index is 1.43. The molecule has 4 heterocycles. The summed E-state index contributed by atoms with van der Waals surface area (Å²) in [6.45, 7) is -5.20. The van der Waals surface area contributed by atoms with Crippen LogP contribution in [0.2, 0.25) is 0 Å². The van der Waals surface area contributed by atoms with Gasteiger partial charge in [-0.1, -0.05) is 12.1 Å². The molecule has 7 unspecified atom stereocenters. The number of phosphoric ester groups is 1. The summed E-state index contributed by atoms with van der Waals surface area (Å²) in [6, 6.07) is 0. The van der Waals surface area contributed by atoms with E-state index in [9.17, 15) is 44.3 Å². The molecule has 0 aromatic carbocycles. The highest BCUT2D eigenvalue weighted by Gasteiger charge is 2.57. The van der Waals surface area contributed by atoms with Crippen LogP contribution in [0.4, 0.5) is 10.2 Å². The van der Waals surface area contributed by atoms with E-state index < -0.39 is 88.7 Å². The number of halogens is 1. The van der Waals surface area contributed by atoms with Crippen LogP contribution in [0.5, 0.6) is 0 Å². The molecule has 2 aromatic rings. The first-order valence-electron chi connectivity index (χ1n) is 12.1. The van der Waals surface area contributed by atoms with Crippen molar-refractivity contribution in [2.75, 3.05) is 18.9 Å². The quantitative estimate of drug-likeness (QED) is 0.106. The van der Waals surface area contributed by atoms with Gasteiger partial charge in [-0.05, 0) is 18.2 Å². The van der Waals surface area contributed by atoms with Gasteiger partial charge in [-0.15, -0.1) is 5.10 Å². The molecule has 24 heteroatoms. The molecule has 42 heavy (non-hydrogen) atoms. The molecule has 0 amide bonds. The van der Waals surface area contributed by atoms with Crippen molar-refractivity contribution < 1.29 is 72.2 Å². The summed E-state index contributed by atoms with van der Waals surface area (Å²) in [7, 11) is -5.52. The van der Waals surface area contributed by atoms with Gasteiger partial charge in [0.25, 0.3) is 0 Å². The smallest absolute Gasteiger partial charge is 0.393 e. The first-order valence-corrected chi connectivity index (χ1v) is 16.2. The fourth-order valence-electron chi connectivity index (χ4n) is 4.38. The number of aliphatic hydroxyl groups is 6. The summed E-state index contributed by atoms with van der Waals surface area (Å²) in [5.41, 5.74) is 3.90. The molecule has 4 rings (SSSR count). The first kappa shape index (κ1) is 33.5. The molecule has 2 aromatic heterocycles. The predicted octanol–water partition coefficient (Wildman–Crippen LogP) is -3.29. The number of phosphoric acid groups is 1. The van der Waals surface area contributed by atoms with E-state index in [1.165, 1.54) is 6.92 Å². The van der Waals surface area contributed by atoms with Crippen LogP contribution >= 0.6 is 14.5 Å². The first-order chi connectivity index (χ1) is 19.5. The minimum atomic E-state index is -5.52. The second kappa shape index (κ2) is 12.5. The number of ether oxygens (including phenoxy) is 2. The average Bonchev–Trinajstić information content (AvgIpc) is 3.46. The summed E-state index contributed by atoms with van der Waals surface area (Å²) in [4.78, 5) is 28.3. The van der Waals surface area contributed by atoms with E-state index in [2.05, 4.69) is 29.1 Å². The lowest BCUT2D eigenvalue weighted by Gasteiger charge is -2.41. The number of hydrogen-bond donors (Lipinski definition) is 9. The second-order valence-corrected chi connectivity index (χ2v) is 13.7. The Morgan fingerprint density at radius 1 is 1.21 bits per heavy atom. The van der Waals surface area contributed by atoms with Crippen molar-refractivity contribution in [2.45, 2.75) is 74.3 Å². The summed E-state index contributed by atoms with van der Waals surface area (Å²) < 4.78 is 52.2. The van der Waals surface area contributed by atoms with E-state index in [1.54, 1.807) is 0 Å². The Bertz CT molecular complexity index is 1360. The summed E-state index contributed by atoms with van der Waals surface area (Å²) in [5.74, 6) is -0.0104. The van der Waals surface area contributed by atoms with Gasteiger partial charge in [0, 0.05) is 0 Å². The minimum Gasteiger partial charge on any atom is -0.393 e. The molecular formula is C18H29FN6O14P2S. The van der Waals surface area contributed by atoms with E-state index in [0.29, 0.717) is 0 Å². The maximum Gasteiger partial charge on any atom is 0.481 e. The third kappa shape index (κ3) is 6.49. The zero-order valence-corrected chi connectivity index (χ0v) is 24.0. The molecule has 0 spiro atoms. The SMILES string of the molecule is CC[C@@]1(O)[C@H](O)[C@@H](COP(O)(=S)OP(=O)(O)OC2OC([C@@H](F)CO)C(O)C(O)C2O)O[C@H]1n1nnc2c(N)ncnc21. The van der Waals surface area contributed by atoms with Gasteiger partial charge in [-0.3, -0.25) is 4.52 Å². The fraction of sp³-hybridized carbons (Fsp3) is 0.778. The van der Waals surface area contributed by atoms with Gasteiger partial charge in [-0.2, -0.15) is 4.68 Å². The lowest BCUT2D eigenvalue weighted by Crippen LogP contribution is -2.60. The molecule has 0 radical (unpaired) electrons. The number of fused-ring (bicyclic) bond motifs is 1. The minimum absolute atomic E-state index is 0.0104. The topological polar surface area (TPSA) is 308 Å². The van der Waals surface area contributed by atoms with Crippen LogP contribution in [0.1, 0.15) is 19.6 Å². The predicted molar refractivity (Wildman–Crippen MR) is 136 cm³/mol. The van der Waals surface area contributed by atoms with Crippen molar-refractivity contribution >= 4 is 43.3 Å². The van der Waals surface area contributed by atoms with Crippen LogP contribution in [0.25, 0.3) is 11.2 Å². The Morgan fingerprint density at radius 3 is 2.55 bits per heavy atom. The third-order valence-electron chi connectivity index (χ3n) is 6.66. The van der Waals surface area contributed by atoms with Crippen molar-refractivity contribution in [2.24, 2.45) is 0 Å². The monoisotopic (exact) mass is 666 g/mol. The normalized spacial score (nSPS) is 37.4. The van der Waals surface area contributed by atoms with Crippen LogP contribution in [0.3, 0.4) is 0 Å². The number of nitrogen functional groups attached to an aromatic ring is 1. The van der Waals surface area contributed by atoms with Crippen LogP contribution in [-0.4, -0.2) is 133 Å². The van der Waals surface area contributed by atoms with Crippen molar-refractivity contribution in [1.82, 2.24) is 25.0 Å². The average molecular weight is 666 g/mol. The zero-order chi connectivity index (χ0) is 31.2. The number of alkyl halides is 1. The molecule has 20 nitrogen and oxygen atoms in total. The molecule has 12 atom stereocenters. The number of nitrogens with two attached hydrogens (primary N) is 1. The molecular weight excluding hydrogens is 637 g/mol. The lowest BCUT2D eigenvalue weighted by atomic mass is 9.91. The third-order valence-corrected chi connectivity index (χ3v) is 10.2. The molecule has 2 saturated heterocycles. The van der Waals surface area contributed by atoms with Crippen molar-refractivity contribution in [3.8, 4) is 0 Å². The maximum absolute atomic E-state index is 13.9. The molecule has 2 aliphatic heterocycles. The fourth-order valence-corrected chi connectivity index (χ4v) is 7.48. The highest BCUT2D eigenvalue weighted by Crippen LogP contribution is 2.62. The van der Waals surface area contributed by atoms with Crippen molar-refractivity contribution in [1.29, 1.82) is 0 Å². The van der Waals surface area contributed by atoms with Crippen LogP contribution in [0, 0.1) is 0 Å². The van der Waals surface area contributed by atoms with Crippen LogP contribution < -0.4 is 5.73 Å². The van der Waals surface area contributed by atoms with Gasteiger partial charge in [0.15, 0.2) is 35.7 Å². The largest absolute Gasteiger partial charge is 0.481 e. The van der Waals surface area contributed by atoms with Gasteiger partial charge < -0.3 is 60.2 Å². The highest BCUT2D eigenvalue weighted by molar-refractivity contribution is 8.08. The van der Waals surface area contributed by atoms with Crippen molar-refractivity contribution in [3.05, 3.63) is 6.33 Å². The number of rotatable bonds is 11. The molecule has 238 valence electrons. The molecule has 10 N–H and O–H groups in total. The molecule has 0 aliphatic carbocycles. The summed E-state index contributed by atoms with van der Waals surface area (Å²) in [6.07, 6.45) is -16.5. The number of nitrogens with zero attached hydrogens (tertiary/aromatic N) is 5. The second-order valence-electron chi connectivity index (χ2n) is 9.34. The van der Waals surface area contributed by atoms with Gasteiger partial charge in [0.2, 0.25) is 0 Å². The van der Waals surface area contributed by atoms with Crippen LogP contribution in [-0.2, 0) is 39.2 Å². The highest BCUT2D eigenvalue weighted by atomic mass is 32.5. The Kier molecular flexibility index (Phi) is 9.97. The molecule has 0 bridgehead atoms.